The lowest BCUT2D eigenvalue weighted by Gasteiger charge is -1.83. The van der Waals surface area contributed by atoms with E-state index in [0.717, 1.165) is 5.57 Å². The highest BCUT2D eigenvalue weighted by molar-refractivity contribution is 5.14. The zero-order chi connectivity index (χ0) is 6.41. The standard InChI is InChI=1S/C7H10O/c1-3-4-7(2)5-6-8/h4-5,8H,1,6H2,2H3/b7-5+. The van der Waals surface area contributed by atoms with Crippen molar-refractivity contribution in [2.24, 2.45) is 0 Å². The quantitative estimate of drug-likeness (QED) is 0.419. The maximum atomic E-state index is 8.32. The van der Waals surface area contributed by atoms with Crippen LogP contribution >= 0.6 is 0 Å². The summed E-state index contributed by atoms with van der Waals surface area (Å²) in [5, 5.41) is 8.32. The van der Waals surface area contributed by atoms with E-state index in [4.69, 9.17) is 5.11 Å². The van der Waals surface area contributed by atoms with Gasteiger partial charge in [0.25, 0.3) is 0 Å². The molecule has 0 aromatic heterocycles. The molecule has 1 N–H and O–H groups in total. The molecule has 0 spiro atoms. The molecule has 8 heavy (non-hydrogen) atoms. The number of allylic oxidation sites excluding steroid dienone is 2. The largest absolute Gasteiger partial charge is 0.392 e. The molecule has 0 unspecified atom stereocenters. The average Bonchev–Trinajstić information content (AvgIpc) is 1.68. The minimum Gasteiger partial charge on any atom is -0.392 e. The van der Waals surface area contributed by atoms with Crippen LogP contribution in [0.25, 0.3) is 0 Å². The minimum absolute atomic E-state index is 0.0873. The van der Waals surface area contributed by atoms with Gasteiger partial charge in [0.05, 0.1) is 6.61 Å². The fourth-order valence-electron chi connectivity index (χ4n) is 0.364. The van der Waals surface area contributed by atoms with Gasteiger partial charge in [-0.15, -0.1) is 5.73 Å². The highest BCUT2D eigenvalue weighted by Crippen LogP contribution is 1.89. The topological polar surface area (TPSA) is 20.2 Å². The Balaban J connectivity index is 3.79. The smallest absolute Gasteiger partial charge is 0.0618 e. The van der Waals surface area contributed by atoms with E-state index in [-0.39, 0.29) is 6.61 Å². The van der Waals surface area contributed by atoms with E-state index in [1.807, 2.05) is 6.92 Å². The molecule has 0 saturated heterocycles. The fourth-order valence-corrected chi connectivity index (χ4v) is 0.364. The minimum atomic E-state index is 0.0873. The highest BCUT2D eigenvalue weighted by Gasteiger charge is 1.74. The van der Waals surface area contributed by atoms with Gasteiger partial charge in [0, 0.05) is 0 Å². The van der Waals surface area contributed by atoms with Crippen LogP contribution in [0.4, 0.5) is 0 Å². The summed E-state index contributed by atoms with van der Waals surface area (Å²) in [6.07, 6.45) is 3.41. The molecular formula is C7H10O. The van der Waals surface area contributed by atoms with Crippen molar-refractivity contribution in [3.05, 3.63) is 30.0 Å². The number of hydrogen-bond acceptors (Lipinski definition) is 1. The predicted molar refractivity (Wildman–Crippen MR) is 34.6 cm³/mol. The van der Waals surface area contributed by atoms with Crippen LogP contribution in [0.2, 0.25) is 0 Å². The van der Waals surface area contributed by atoms with E-state index < -0.39 is 0 Å². The second kappa shape index (κ2) is 4.38. The third-order valence-electron chi connectivity index (χ3n) is 0.743. The Labute approximate surface area is 49.7 Å². The lowest BCUT2D eigenvalue weighted by atomic mass is 10.3. The third kappa shape index (κ3) is 3.41. The first-order chi connectivity index (χ1) is 3.81. The Bertz CT molecular complexity index is 127. The lowest BCUT2D eigenvalue weighted by molar-refractivity contribution is 0.342. The second-order valence-corrected chi connectivity index (χ2v) is 1.48. The van der Waals surface area contributed by atoms with Crippen molar-refractivity contribution in [2.75, 3.05) is 6.61 Å². The van der Waals surface area contributed by atoms with E-state index >= 15 is 0 Å². The SMILES string of the molecule is C=C=C/C(C)=C/CO. The second-order valence-electron chi connectivity index (χ2n) is 1.48. The Morgan fingerprint density at radius 3 is 2.88 bits per heavy atom. The van der Waals surface area contributed by atoms with Crippen molar-refractivity contribution in [3.8, 4) is 0 Å². The maximum Gasteiger partial charge on any atom is 0.0618 e. The maximum absolute atomic E-state index is 8.32. The fraction of sp³-hybridized carbons (Fsp3) is 0.286. The molecule has 0 aromatic carbocycles. The molecule has 0 amide bonds. The van der Waals surface area contributed by atoms with Gasteiger partial charge < -0.3 is 5.11 Å². The first kappa shape index (κ1) is 7.22. The molecule has 0 fully saturated rings. The summed E-state index contributed by atoms with van der Waals surface area (Å²) in [4.78, 5) is 0. The summed E-state index contributed by atoms with van der Waals surface area (Å²) in [6, 6.07) is 0. The van der Waals surface area contributed by atoms with Crippen LogP contribution in [-0.2, 0) is 0 Å². The van der Waals surface area contributed by atoms with Crippen LogP contribution in [0.5, 0.6) is 0 Å². The van der Waals surface area contributed by atoms with Gasteiger partial charge in [0.15, 0.2) is 0 Å². The van der Waals surface area contributed by atoms with Gasteiger partial charge in [-0.25, -0.2) is 0 Å². The van der Waals surface area contributed by atoms with Gasteiger partial charge in [0.2, 0.25) is 0 Å². The van der Waals surface area contributed by atoms with Crippen LogP contribution in [0.1, 0.15) is 6.92 Å². The van der Waals surface area contributed by atoms with Crippen molar-refractivity contribution in [1.82, 2.24) is 0 Å². The average molecular weight is 110 g/mol. The van der Waals surface area contributed by atoms with Crippen LogP contribution in [0.15, 0.2) is 30.0 Å². The zero-order valence-corrected chi connectivity index (χ0v) is 5.02. The molecule has 0 atom stereocenters. The summed E-state index contributed by atoms with van der Waals surface area (Å²) in [7, 11) is 0. The predicted octanol–water partition coefficient (Wildman–Crippen LogP) is 1.27. The first-order valence-corrected chi connectivity index (χ1v) is 2.44. The van der Waals surface area contributed by atoms with Gasteiger partial charge in [-0.1, -0.05) is 12.7 Å². The number of hydrogen-bond donors (Lipinski definition) is 1. The van der Waals surface area contributed by atoms with Crippen LogP contribution in [0, 0.1) is 0 Å². The molecule has 0 saturated carbocycles. The van der Waals surface area contributed by atoms with Gasteiger partial charge in [-0.3, -0.25) is 0 Å². The van der Waals surface area contributed by atoms with Crippen LogP contribution in [0.3, 0.4) is 0 Å². The van der Waals surface area contributed by atoms with Crippen molar-refractivity contribution < 1.29 is 5.11 Å². The molecule has 1 nitrogen and oxygen atoms in total. The first-order valence-electron chi connectivity index (χ1n) is 2.44. The Kier molecular flexibility index (Phi) is 3.95. The molecule has 0 heterocycles. The molecule has 0 bridgehead atoms. The van der Waals surface area contributed by atoms with Gasteiger partial charge >= 0.3 is 0 Å². The molecule has 0 aromatic rings. The summed E-state index contributed by atoms with van der Waals surface area (Å²) in [6.45, 7) is 5.35. The summed E-state index contributed by atoms with van der Waals surface area (Å²) < 4.78 is 0. The number of aliphatic hydroxyl groups excluding tert-OH is 1. The normalized spacial score (nSPS) is 10.5. The molecular weight excluding hydrogens is 100 g/mol. The zero-order valence-electron chi connectivity index (χ0n) is 5.02. The highest BCUT2D eigenvalue weighted by atomic mass is 16.2. The van der Waals surface area contributed by atoms with E-state index in [9.17, 15) is 0 Å². The van der Waals surface area contributed by atoms with Crippen molar-refractivity contribution in [2.45, 2.75) is 6.92 Å². The molecule has 0 rings (SSSR count). The van der Waals surface area contributed by atoms with Crippen molar-refractivity contribution in [1.29, 1.82) is 0 Å². The summed E-state index contributed by atoms with van der Waals surface area (Å²) >= 11 is 0. The molecule has 44 valence electrons. The molecule has 0 aliphatic rings. The Morgan fingerprint density at radius 2 is 2.50 bits per heavy atom. The molecule has 0 radical (unpaired) electrons. The third-order valence-corrected chi connectivity index (χ3v) is 0.743. The Hall–Kier alpha value is -0.780. The van der Waals surface area contributed by atoms with Crippen molar-refractivity contribution in [3.63, 3.8) is 0 Å². The van der Waals surface area contributed by atoms with E-state index in [2.05, 4.69) is 12.3 Å². The number of aliphatic hydroxyl groups is 1. The number of rotatable bonds is 2. The molecule has 0 aliphatic heterocycles. The van der Waals surface area contributed by atoms with Crippen LogP contribution < -0.4 is 0 Å². The lowest BCUT2D eigenvalue weighted by Crippen LogP contribution is -1.73. The molecule has 1 heteroatoms. The Morgan fingerprint density at radius 1 is 1.88 bits per heavy atom. The van der Waals surface area contributed by atoms with Crippen LogP contribution in [-0.4, -0.2) is 11.7 Å². The van der Waals surface area contributed by atoms with Crippen molar-refractivity contribution >= 4 is 0 Å². The van der Waals surface area contributed by atoms with E-state index in [0.29, 0.717) is 0 Å². The van der Waals surface area contributed by atoms with Gasteiger partial charge in [0.1, 0.15) is 0 Å². The summed E-state index contributed by atoms with van der Waals surface area (Å²) in [5.41, 5.74) is 3.59. The van der Waals surface area contributed by atoms with Gasteiger partial charge in [-0.05, 0) is 18.6 Å². The van der Waals surface area contributed by atoms with E-state index in [1.54, 1.807) is 12.2 Å². The van der Waals surface area contributed by atoms with E-state index in [1.165, 1.54) is 0 Å². The summed E-state index contributed by atoms with van der Waals surface area (Å²) in [5.74, 6) is 0. The monoisotopic (exact) mass is 110 g/mol. The molecule has 0 aliphatic carbocycles. The van der Waals surface area contributed by atoms with Gasteiger partial charge in [-0.2, -0.15) is 0 Å².